The molecule has 2 aliphatic heterocycles. The van der Waals surface area contributed by atoms with Gasteiger partial charge in [0.25, 0.3) is 5.91 Å². The summed E-state index contributed by atoms with van der Waals surface area (Å²) in [5.74, 6) is -0.0662. The summed E-state index contributed by atoms with van der Waals surface area (Å²) in [5, 5.41) is 0.825. The number of carbonyl (C=O) groups is 1. The molecule has 7 heteroatoms. The fourth-order valence-electron chi connectivity index (χ4n) is 4.27. The van der Waals surface area contributed by atoms with Gasteiger partial charge in [-0.05, 0) is 61.6 Å². The van der Waals surface area contributed by atoms with E-state index in [2.05, 4.69) is 11.1 Å². The Kier molecular flexibility index (Phi) is 6.21. The van der Waals surface area contributed by atoms with Gasteiger partial charge >= 0.3 is 0 Å². The Hall–Kier alpha value is -2.24. The monoisotopic (exact) mass is 445 g/mol. The topological polar surface area (TPSA) is 45.6 Å². The zero-order valence-electron chi connectivity index (χ0n) is 16.4. The molecule has 1 aromatic carbocycles. The third kappa shape index (κ3) is 4.73. The average molecular weight is 446 g/mol. The minimum atomic E-state index is -0.470. The van der Waals surface area contributed by atoms with Gasteiger partial charge in [0.2, 0.25) is 5.95 Å². The lowest BCUT2D eigenvalue weighted by atomic mass is 9.80. The quantitative estimate of drug-likeness (QED) is 0.578. The molecule has 0 bridgehead atoms. The molecule has 4 nitrogen and oxygen atoms in total. The summed E-state index contributed by atoms with van der Waals surface area (Å²) in [6, 6.07) is 9.86. The minimum Gasteiger partial charge on any atom is -0.339 e. The zero-order valence-corrected chi connectivity index (χ0v) is 17.9. The minimum absolute atomic E-state index is 0.0236. The van der Waals surface area contributed by atoms with Crippen LogP contribution in [0, 0.1) is 11.9 Å². The van der Waals surface area contributed by atoms with Crippen LogP contribution < -0.4 is 0 Å². The Bertz CT molecular complexity index is 988. The van der Waals surface area contributed by atoms with Gasteiger partial charge < -0.3 is 4.90 Å². The first kappa shape index (κ1) is 21.0. The van der Waals surface area contributed by atoms with Crippen LogP contribution in [0.1, 0.15) is 35.3 Å². The van der Waals surface area contributed by atoms with E-state index in [1.54, 1.807) is 24.3 Å². The zero-order chi connectivity index (χ0) is 21.1. The van der Waals surface area contributed by atoms with Gasteiger partial charge in [-0.25, -0.2) is 4.98 Å². The highest BCUT2D eigenvalue weighted by Gasteiger charge is 2.34. The average Bonchev–Trinajstić information content (AvgIpc) is 3.18. The molecule has 0 radical (unpaired) electrons. The number of aromatic nitrogens is 1. The number of amides is 1. The number of nitrogens with zero attached hydrogens (tertiary/aromatic N) is 3. The summed E-state index contributed by atoms with van der Waals surface area (Å²) in [5.41, 5.74) is 0.868. The van der Waals surface area contributed by atoms with Gasteiger partial charge in [-0.3, -0.25) is 9.79 Å². The van der Waals surface area contributed by atoms with Crippen molar-refractivity contribution in [3.8, 4) is 0 Å². The molecule has 0 spiro atoms. The van der Waals surface area contributed by atoms with Crippen molar-refractivity contribution < 1.29 is 9.18 Å². The van der Waals surface area contributed by atoms with Crippen molar-refractivity contribution in [3.05, 3.63) is 75.8 Å². The highest BCUT2D eigenvalue weighted by molar-refractivity contribution is 6.42. The smallest absolute Gasteiger partial charge is 0.253 e. The number of rotatable bonds is 5. The van der Waals surface area contributed by atoms with E-state index < -0.39 is 5.95 Å². The molecular formula is C23H22Cl2FN3O. The number of hydrogen-bond acceptors (Lipinski definition) is 3. The molecule has 1 aromatic heterocycles. The van der Waals surface area contributed by atoms with E-state index in [9.17, 15) is 9.18 Å². The number of likely N-dealkylation sites (tertiary alicyclic amines) is 1. The van der Waals surface area contributed by atoms with E-state index in [-0.39, 0.29) is 11.4 Å². The first-order chi connectivity index (χ1) is 14.4. The van der Waals surface area contributed by atoms with Crippen molar-refractivity contribution in [3.63, 3.8) is 0 Å². The summed E-state index contributed by atoms with van der Waals surface area (Å²) < 4.78 is 13.5. The molecule has 2 aromatic rings. The highest BCUT2D eigenvalue weighted by atomic mass is 35.5. The van der Waals surface area contributed by atoms with Crippen molar-refractivity contribution in [1.29, 1.82) is 0 Å². The lowest BCUT2D eigenvalue weighted by Crippen LogP contribution is -2.40. The lowest BCUT2D eigenvalue weighted by molar-refractivity contribution is 0.0679. The van der Waals surface area contributed by atoms with Gasteiger partial charge in [0, 0.05) is 37.0 Å². The third-order valence-electron chi connectivity index (χ3n) is 5.79. The second-order valence-electron chi connectivity index (χ2n) is 7.94. The number of benzene rings is 1. The molecule has 3 heterocycles. The molecule has 1 atom stereocenters. The van der Waals surface area contributed by atoms with Crippen LogP contribution in [0.2, 0.25) is 10.0 Å². The SMILES string of the molecule is O=C(c1ccc(Cl)c(Cl)c1)N1CCC(CC2(Cc3cccc(F)n3)C=CC=N2)CC1. The largest absolute Gasteiger partial charge is 0.339 e. The van der Waals surface area contributed by atoms with Gasteiger partial charge in [-0.1, -0.05) is 35.3 Å². The normalized spacial score (nSPS) is 21.4. The molecule has 0 aliphatic carbocycles. The number of aliphatic imine (C=N–C) groups is 1. The first-order valence-electron chi connectivity index (χ1n) is 10.0. The molecule has 1 amide bonds. The van der Waals surface area contributed by atoms with E-state index >= 15 is 0 Å². The predicted octanol–water partition coefficient (Wildman–Crippen LogP) is 5.39. The fraction of sp³-hybridized carbons (Fsp3) is 0.348. The van der Waals surface area contributed by atoms with Crippen LogP contribution in [-0.4, -0.2) is 40.6 Å². The van der Waals surface area contributed by atoms with Crippen LogP contribution in [0.3, 0.4) is 0 Å². The van der Waals surface area contributed by atoms with Crippen molar-refractivity contribution in [2.45, 2.75) is 31.2 Å². The molecule has 2 aliphatic rings. The molecule has 156 valence electrons. The summed E-state index contributed by atoms with van der Waals surface area (Å²) in [6.07, 6.45) is 9.06. The van der Waals surface area contributed by atoms with Crippen LogP contribution in [0.25, 0.3) is 0 Å². The number of hydrogen-bond donors (Lipinski definition) is 0. The Morgan fingerprint density at radius 1 is 1.17 bits per heavy atom. The van der Waals surface area contributed by atoms with Gasteiger partial charge in [0.05, 0.1) is 15.6 Å². The molecule has 0 saturated carbocycles. The van der Waals surface area contributed by atoms with Gasteiger partial charge in [-0.2, -0.15) is 4.39 Å². The maximum Gasteiger partial charge on any atom is 0.253 e. The Labute approximate surface area is 185 Å². The van der Waals surface area contributed by atoms with E-state index in [0.29, 0.717) is 46.7 Å². The number of halogens is 3. The number of piperidine rings is 1. The number of allylic oxidation sites excluding steroid dienone is 1. The summed E-state index contributed by atoms with van der Waals surface area (Å²) in [7, 11) is 0. The molecular weight excluding hydrogens is 424 g/mol. The van der Waals surface area contributed by atoms with Crippen molar-refractivity contribution in [2.24, 2.45) is 10.9 Å². The summed E-state index contributed by atoms with van der Waals surface area (Å²) >= 11 is 12.0. The third-order valence-corrected chi connectivity index (χ3v) is 6.53. The lowest BCUT2D eigenvalue weighted by Gasteiger charge is -2.36. The maximum absolute atomic E-state index is 13.5. The molecule has 1 fully saturated rings. The van der Waals surface area contributed by atoms with Gasteiger partial charge in [0.1, 0.15) is 0 Å². The standard InChI is InChI=1S/C23H22Cl2FN3O/c24-19-6-5-17(13-20(19)25)22(30)29-11-7-16(8-12-29)14-23(9-2-10-27-23)15-18-3-1-4-21(26)28-18/h1-6,9-10,13,16H,7-8,11-12,14-15H2. The van der Waals surface area contributed by atoms with Crippen molar-refractivity contribution in [1.82, 2.24) is 9.88 Å². The van der Waals surface area contributed by atoms with Crippen LogP contribution in [-0.2, 0) is 6.42 Å². The fourth-order valence-corrected chi connectivity index (χ4v) is 4.57. The Morgan fingerprint density at radius 2 is 1.97 bits per heavy atom. The second-order valence-corrected chi connectivity index (χ2v) is 8.75. The molecule has 4 rings (SSSR count). The van der Waals surface area contributed by atoms with Gasteiger partial charge in [-0.15, -0.1) is 0 Å². The molecule has 0 N–H and O–H groups in total. The van der Waals surface area contributed by atoms with Crippen molar-refractivity contribution in [2.75, 3.05) is 13.1 Å². The summed E-state index contributed by atoms with van der Waals surface area (Å²) in [4.78, 5) is 23.4. The van der Waals surface area contributed by atoms with E-state index in [1.807, 2.05) is 23.3 Å². The molecule has 30 heavy (non-hydrogen) atoms. The van der Waals surface area contributed by atoms with Crippen LogP contribution >= 0.6 is 23.2 Å². The summed E-state index contributed by atoms with van der Waals surface area (Å²) in [6.45, 7) is 1.37. The Morgan fingerprint density at radius 3 is 2.63 bits per heavy atom. The Balaban J connectivity index is 1.38. The van der Waals surface area contributed by atoms with Crippen LogP contribution in [0.5, 0.6) is 0 Å². The maximum atomic E-state index is 13.5. The highest BCUT2D eigenvalue weighted by Crippen LogP contribution is 2.34. The second kappa shape index (κ2) is 8.86. The van der Waals surface area contributed by atoms with Crippen LogP contribution in [0.15, 0.2) is 53.5 Å². The van der Waals surface area contributed by atoms with E-state index in [4.69, 9.17) is 28.2 Å². The molecule has 1 saturated heterocycles. The number of pyridine rings is 1. The van der Waals surface area contributed by atoms with E-state index in [1.165, 1.54) is 6.07 Å². The van der Waals surface area contributed by atoms with E-state index in [0.717, 1.165) is 19.3 Å². The van der Waals surface area contributed by atoms with Crippen LogP contribution in [0.4, 0.5) is 4.39 Å². The first-order valence-corrected chi connectivity index (χ1v) is 10.8. The van der Waals surface area contributed by atoms with Gasteiger partial charge in [0.15, 0.2) is 0 Å². The van der Waals surface area contributed by atoms with Crippen molar-refractivity contribution >= 4 is 35.3 Å². The number of carbonyl (C=O) groups excluding carboxylic acids is 1. The molecule has 1 unspecified atom stereocenters. The predicted molar refractivity (Wildman–Crippen MR) is 118 cm³/mol.